The summed E-state index contributed by atoms with van der Waals surface area (Å²) in [5, 5.41) is 5.88. The molecular weight excluding hydrogens is 329 g/mol. The zero-order chi connectivity index (χ0) is 15.1. The van der Waals surface area contributed by atoms with Crippen LogP contribution in [0.4, 0.5) is 0 Å². The van der Waals surface area contributed by atoms with Gasteiger partial charge in [-0.1, -0.05) is 48.7 Å². The molecule has 1 aromatic carbocycles. The lowest BCUT2D eigenvalue weighted by Crippen LogP contribution is -2.16. The van der Waals surface area contributed by atoms with Gasteiger partial charge in [0, 0.05) is 17.0 Å². The first-order valence-corrected chi connectivity index (χ1v) is 8.42. The Morgan fingerprint density at radius 2 is 1.95 bits per heavy atom. The van der Waals surface area contributed by atoms with Gasteiger partial charge < -0.3 is 9.73 Å². The molecule has 0 bridgehead atoms. The largest absolute Gasteiger partial charge is 0.458 e. The molecule has 2 aromatic rings. The number of fused-ring (bicyclic) bond motifs is 1. The van der Waals surface area contributed by atoms with Crippen molar-refractivity contribution < 1.29 is 4.42 Å². The molecule has 0 unspecified atom stereocenters. The van der Waals surface area contributed by atoms with E-state index in [4.69, 9.17) is 39.2 Å². The summed E-state index contributed by atoms with van der Waals surface area (Å²) in [5.74, 6) is 1.43. The van der Waals surface area contributed by atoms with Crippen molar-refractivity contribution >= 4 is 45.8 Å². The van der Waals surface area contributed by atoms with Crippen LogP contribution in [0.3, 0.4) is 0 Å². The molecule has 1 heterocycles. The molecule has 1 saturated carbocycles. The zero-order valence-corrected chi connectivity index (χ0v) is 14.4. The topological polar surface area (TPSA) is 25.2 Å². The van der Waals surface area contributed by atoms with Crippen molar-refractivity contribution in [1.29, 1.82) is 0 Å². The average Bonchev–Trinajstić information content (AvgIpc) is 3.16. The number of hydrogen-bond donors (Lipinski definition) is 1. The molecule has 21 heavy (non-hydrogen) atoms. The second-order valence-corrected chi connectivity index (χ2v) is 7.31. The van der Waals surface area contributed by atoms with Crippen molar-refractivity contribution in [2.75, 3.05) is 0 Å². The molecule has 0 aliphatic heterocycles. The molecule has 0 atom stereocenters. The predicted octanol–water partition coefficient (Wildman–Crippen LogP) is 5.84. The van der Waals surface area contributed by atoms with Gasteiger partial charge in [-0.15, -0.1) is 0 Å². The second-order valence-electron chi connectivity index (χ2n) is 6.12. The van der Waals surface area contributed by atoms with Gasteiger partial charge in [-0.2, -0.15) is 0 Å². The highest BCUT2D eigenvalue weighted by Gasteiger charge is 2.25. The quantitative estimate of drug-likeness (QED) is 0.688. The van der Waals surface area contributed by atoms with Crippen LogP contribution in [0.25, 0.3) is 11.0 Å². The Labute approximate surface area is 139 Å². The maximum absolute atomic E-state index is 6.40. The Bertz CT molecular complexity index is 674. The summed E-state index contributed by atoms with van der Waals surface area (Å²) in [6.45, 7) is 5.07. The Kier molecular flexibility index (Phi) is 4.42. The van der Waals surface area contributed by atoms with Crippen LogP contribution in [0.1, 0.15) is 38.0 Å². The summed E-state index contributed by atoms with van der Waals surface area (Å²) >= 11 is 18.9. The number of furan rings is 1. The van der Waals surface area contributed by atoms with E-state index < -0.39 is 0 Å². The van der Waals surface area contributed by atoms with Crippen LogP contribution in [-0.2, 0) is 13.0 Å². The fourth-order valence-electron chi connectivity index (χ4n) is 2.56. The summed E-state index contributed by atoms with van der Waals surface area (Å²) in [6.07, 6.45) is 3.38. The molecule has 0 amide bonds. The third-order valence-electron chi connectivity index (χ3n) is 3.73. The lowest BCUT2D eigenvalue weighted by Gasteiger charge is -2.08. The average molecular weight is 347 g/mol. The lowest BCUT2D eigenvalue weighted by atomic mass is 9.99. The van der Waals surface area contributed by atoms with E-state index in [1.54, 1.807) is 6.07 Å². The van der Waals surface area contributed by atoms with Crippen LogP contribution in [0.2, 0.25) is 15.1 Å². The molecule has 1 aliphatic rings. The minimum Gasteiger partial charge on any atom is -0.458 e. The number of hydrogen-bond acceptors (Lipinski definition) is 2. The molecule has 1 aromatic heterocycles. The second kappa shape index (κ2) is 6.00. The summed E-state index contributed by atoms with van der Waals surface area (Å²) in [7, 11) is 0. The maximum atomic E-state index is 6.40. The molecule has 3 rings (SSSR count). The normalized spacial score (nSPS) is 15.3. The van der Waals surface area contributed by atoms with E-state index in [2.05, 4.69) is 19.2 Å². The molecule has 0 spiro atoms. The number of nitrogens with one attached hydrogen (secondary N) is 1. The molecule has 1 fully saturated rings. The molecule has 114 valence electrons. The van der Waals surface area contributed by atoms with Gasteiger partial charge in [-0.25, -0.2) is 0 Å². The van der Waals surface area contributed by atoms with E-state index in [9.17, 15) is 0 Å². The van der Waals surface area contributed by atoms with Gasteiger partial charge in [0.15, 0.2) is 5.58 Å². The molecule has 0 saturated heterocycles. The monoisotopic (exact) mass is 345 g/mol. The first-order chi connectivity index (χ1) is 9.97. The van der Waals surface area contributed by atoms with E-state index in [0.717, 1.165) is 23.1 Å². The first kappa shape index (κ1) is 15.5. The van der Waals surface area contributed by atoms with E-state index >= 15 is 0 Å². The summed E-state index contributed by atoms with van der Waals surface area (Å²) < 4.78 is 6.01. The van der Waals surface area contributed by atoms with Gasteiger partial charge >= 0.3 is 0 Å². The van der Waals surface area contributed by atoms with Crippen LogP contribution < -0.4 is 5.32 Å². The van der Waals surface area contributed by atoms with Crippen molar-refractivity contribution in [3.8, 4) is 0 Å². The van der Waals surface area contributed by atoms with Crippen molar-refractivity contribution in [1.82, 2.24) is 5.32 Å². The SMILES string of the molecule is CC(C)Cc1c(CNC2CC2)oc2c(Cl)cc(Cl)c(Cl)c12. The highest BCUT2D eigenvalue weighted by atomic mass is 35.5. The van der Waals surface area contributed by atoms with Crippen LogP contribution in [-0.4, -0.2) is 6.04 Å². The molecule has 5 heteroatoms. The smallest absolute Gasteiger partial charge is 0.154 e. The Hall–Kier alpha value is -0.410. The number of benzene rings is 1. The summed E-state index contributed by atoms with van der Waals surface area (Å²) in [5.41, 5.74) is 1.77. The van der Waals surface area contributed by atoms with E-state index in [1.807, 2.05) is 0 Å². The van der Waals surface area contributed by atoms with Gasteiger partial charge in [0.2, 0.25) is 0 Å². The van der Waals surface area contributed by atoms with Crippen LogP contribution in [0, 0.1) is 5.92 Å². The third-order valence-corrected chi connectivity index (χ3v) is 4.80. The van der Waals surface area contributed by atoms with Gasteiger partial charge in [0.1, 0.15) is 5.76 Å². The van der Waals surface area contributed by atoms with Crippen molar-refractivity contribution in [3.63, 3.8) is 0 Å². The minimum atomic E-state index is 0.474. The zero-order valence-electron chi connectivity index (χ0n) is 12.1. The van der Waals surface area contributed by atoms with Crippen LogP contribution in [0.15, 0.2) is 10.5 Å². The van der Waals surface area contributed by atoms with Crippen LogP contribution in [0.5, 0.6) is 0 Å². The third kappa shape index (κ3) is 3.19. The van der Waals surface area contributed by atoms with E-state index in [0.29, 0.717) is 39.2 Å². The van der Waals surface area contributed by atoms with Gasteiger partial charge in [0.05, 0.1) is 21.6 Å². The molecule has 1 N–H and O–H groups in total. The summed E-state index contributed by atoms with van der Waals surface area (Å²) in [6, 6.07) is 2.27. The summed E-state index contributed by atoms with van der Waals surface area (Å²) in [4.78, 5) is 0. The standard InChI is InChI=1S/C16H18Cl3NO/c1-8(2)5-10-13(7-20-9-3-4-9)21-16-12(18)6-11(17)15(19)14(10)16/h6,8-9,20H,3-5,7H2,1-2H3. The van der Waals surface area contributed by atoms with Crippen LogP contribution >= 0.6 is 34.8 Å². The Balaban J connectivity index is 2.11. The van der Waals surface area contributed by atoms with Gasteiger partial charge in [-0.3, -0.25) is 0 Å². The van der Waals surface area contributed by atoms with Gasteiger partial charge in [0.25, 0.3) is 0 Å². The Morgan fingerprint density at radius 1 is 1.24 bits per heavy atom. The van der Waals surface area contributed by atoms with E-state index in [1.165, 1.54) is 12.8 Å². The molecule has 1 aliphatic carbocycles. The highest BCUT2D eigenvalue weighted by Crippen LogP contribution is 2.41. The number of rotatable bonds is 5. The molecular formula is C16H18Cl3NO. The van der Waals surface area contributed by atoms with Crippen molar-refractivity contribution in [2.24, 2.45) is 5.92 Å². The Morgan fingerprint density at radius 3 is 2.57 bits per heavy atom. The highest BCUT2D eigenvalue weighted by molar-refractivity contribution is 6.47. The van der Waals surface area contributed by atoms with E-state index in [-0.39, 0.29) is 0 Å². The maximum Gasteiger partial charge on any atom is 0.154 e. The minimum absolute atomic E-state index is 0.474. The number of halogens is 3. The predicted molar refractivity (Wildman–Crippen MR) is 89.6 cm³/mol. The first-order valence-electron chi connectivity index (χ1n) is 7.28. The molecule has 2 nitrogen and oxygen atoms in total. The fraction of sp³-hybridized carbons (Fsp3) is 0.500. The molecule has 0 radical (unpaired) electrons. The lowest BCUT2D eigenvalue weighted by molar-refractivity contribution is 0.500. The van der Waals surface area contributed by atoms with Crippen molar-refractivity contribution in [2.45, 2.75) is 45.7 Å². The van der Waals surface area contributed by atoms with Gasteiger partial charge in [-0.05, 0) is 31.2 Å². The van der Waals surface area contributed by atoms with Crippen molar-refractivity contribution in [3.05, 3.63) is 32.5 Å². The fourth-order valence-corrected chi connectivity index (χ4v) is 3.32.